The zero-order valence-corrected chi connectivity index (χ0v) is 12.6. The molecule has 9 heteroatoms. The van der Waals surface area contributed by atoms with Crippen LogP contribution in [0.5, 0.6) is 0 Å². The molecule has 7 nitrogen and oxygen atoms in total. The highest BCUT2D eigenvalue weighted by molar-refractivity contribution is 7.99. The Labute approximate surface area is 130 Å². The third kappa shape index (κ3) is 5.41. The van der Waals surface area contributed by atoms with E-state index >= 15 is 0 Å². The number of rotatable bonds is 9. The average molecular weight is 335 g/mol. The van der Waals surface area contributed by atoms with Crippen LogP contribution >= 0.6 is 23.4 Å². The lowest BCUT2D eigenvalue weighted by atomic mass is 10.1. The van der Waals surface area contributed by atoms with E-state index in [9.17, 15) is 14.9 Å². The molecule has 0 aliphatic carbocycles. The highest BCUT2D eigenvalue weighted by atomic mass is 35.5. The fourth-order valence-electron chi connectivity index (χ4n) is 1.56. The fraction of sp³-hybridized carbons (Fsp3) is 0.417. The number of hydrogen-bond donors (Lipinski definition) is 3. The van der Waals surface area contributed by atoms with Crippen molar-refractivity contribution in [1.29, 1.82) is 0 Å². The van der Waals surface area contributed by atoms with Gasteiger partial charge in [-0.25, -0.2) is 4.79 Å². The van der Waals surface area contributed by atoms with Crippen molar-refractivity contribution in [1.82, 2.24) is 0 Å². The number of anilines is 1. The van der Waals surface area contributed by atoms with Gasteiger partial charge in [-0.1, -0.05) is 11.6 Å². The van der Waals surface area contributed by atoms with Gasteiger partial charge in [0.05, 0.1) is 21.2 Å². The first kappa shape index (κ1) is 17.5. The Hall–Kier alpha value is -1.51. The second-order valence-corrected chi connectivity index (χ2v) is 5.66. The lowest BCUT2D eigenvalue weighted by Gasteiger charge is -2.11. The number of thioether (sulfide) groups is 1. The molecule has 0 aromatic heterocycles. The standard InChI is InChI=1S/C12H15ClN2O5S/c13-10-7-8(15(19)20)6-9(12(17)18)11(10)14-2-5-21-4-1-3-16/h6-7,14,16H,1-5H2,(H,17,18). The Morgan fingerprint density at radius 3 is 2.71 bits per heavy atom. The number of halogens is 1. The summed E-state index contributed by atoms with van der Waals surface area (Å²) in [5, 5.41) is 31.4. The quantitative estimate of drug-likeness (QED) is 0.361. The van der Waals surface area contributed by atoms with Gasteiger partial charge in [0.1, 0.15) is 0 Å². The minimum atomic E-state index is -1.28. The van der Waals surface area contributed by atoms with E-state index in [0.29, 0.717) is 18.7 Å². The molecule has 0 radical (unpaired) electrons. The van der Waals surface area contributed by atoms with Crippen molar-refractivity contribution in [2.45, 2.75) is 6.42 Å². The van der Waals surface area contributed by atoms with Gasteiger partial charge in [0.15, 0.2) is 0 Å². The Kier molecular flexibility index (Phi) is 7.27. The van der Waals surface area contributed by atoms with Gasteiger partial charge < -0.3 is 15.5 Å². The molecular formula is C12H15ClN2O5S. The lowest BCUT2D eigenvalue weighted by molar-refractivity contribution is -0.384. The summed E-state index contributed by atoms with van der Waals surface area (Å²) in [4.78, 5) is 21.2. The molecule has 1 aromatic rings. The summed E-state index contributed by atoms with van der Waals surface area (Å²) in [6.07, 6.45) is 0.698. The SMILES string of the molecule is O=C(O)c1cc([N+](=O)[O-])cc(Cl)c1NCCSCCCO. The summed E-state index contributed by atoms with van der Waals surface area (Å²) in [6.45, 7) is 0.603. The van der Waals surface area contributed by atoms with E-state index in [-0.39, 0.29) is 28.6 Å². The van der Waals surface area contributed by atoms with Gasteiger partial charge in [0.25, 0.3) is 5.69 Å². The maximum Gasteiger partial charge on any atom is 0.338 e. The number of carbonyl (C=O) groups is 1. The first-order valence-electron chi connectivity index (χ1n) is 6.11. The number of hydrogen-bond acceptors (Lipinski definition) is 6. The van der Waals surface area contributed by atoms with Gasteiger partial charge in [-0.2, -0.15) is 11.8 Å². The third-order valence-electron chi connectivity index (χ3n) is 2.51. The van der Waals surface area contributed by atoms with E-state index in [1.54, 1.807) is 11.8 Å². The number of carboxylic acid groups (broad SMARTS) is 1. The largest absolute Gasteiger partial charge is 0.478 e. The van der Waals surface area contributed by atoms with Crippen molar-refractivity contribution in [2.24, 2.45) is 0 Å². The maximum atomic E-state index is 11.2. The second kappa shape index (κ2) is 8.71. The van der Waals surface area contributed by atoms with E-state index in [0.717, 1.165) is 17.9 Å². The minimum absolute atomic E-state index is 0.00181. The molecule has 0 unspecified atom stereocenters. The van der Waals surface area contributed by atoms with Gasteiger partial charge in [0.2, 0.25) is 0 Å². The number of aliphatic hydroxyl groups excluding tert-OH is 1. The van der Waals surface area contributed by atoms with Crippen LogP contribution in [0.2, 0.25) is 5.02 Å². The summed E-state index contributed by atoms with van der Waals surface area (Å²) in [5.74, 6) is 0.223. The topological polar surface area (TPSA) is 113 Å². The van der Waals surface area contributed by atoms with Crippen LogP contribution in [0.4, 0.5) is 11.4 Å². The first-order chi connectivity index (χ1) is 9.97. The van der Waals surface area contributed by atoms with E-state index in [1.165, 1.54) is 0 Å². The number of aliphatic hydroxyl groups is 1. The Balaban J connectivity index is 2.76. The lowest BCUT2D eigenvalue weighted by Crippen LogP contribution is -2.11. The minimum Gasteiger partial charge on any atom is -0.478 e. The molecule has 0 aliphatic heterocycles. The molecule has 0 saturated carbocycles. The maximum absolute atomic E-state index is 11.2. The molecule has 0 saturated heterocycles. The van der Waals surface area contributed by atoms with E-state index in [1.807, 2.05) is 0 Å². The molecule has 116 valence electrons. The number of nitrogens with one attached hydrogen (secondary N) is 1. The third-order valence-corrected chi connectivity index (χ3v) is 3.88. The van der Waals surface area contributed by atoms with Gasteiger partial charge in [-0.15, -0.1) is 0 Å². The Morgan fingerprint density at radius 1 is 1.43 bits per heavy atom. The van der Waals surface area contributed by atoms with Crippen LogP contribution in [0.3, 0.4) is 0 Å². The fourth-order valence-corrected chi connectivity index (χ4v) is 2.63. The summed E-state index contributed by atoms with van der Waals surface area (Å²) in [5.41, 5.74) is -0.410. The smallest absolute Gasteiger partial charge is 0.338 e. The van der Waals surface area contributed by atoms with Crippen molar-refractivity contribution in [2.75, 3.05) is 30.0 Å². The molecule has 0 amide bonds. The monoisotopic (exact) mass is 334 g/mol. The van der Waals surface area contributed by atoms with E-state index in [2.05, 4.69) is 5.32 Å². The number of nitro benzene ring substituents is 1. The molecular weight excluding hydrogens is 320 g/mol. The van der Waals surface area contributed by atoms with Crippen LogP contribution in [0.1, 0.15) is 16.8 Å². The molecule has 1 aromatic carbocycles. The van der Waals surface area contributed by atoms with Gasteiger partial charge in [-0.3, -0.25) is 10.1 Å². The Bertz CT molecular complexity index is 527. The van der Waals surface area contributed by atoms with Crippen molar-refractivity contribution < 1.29 is 19.9 Å². The predicted molar refractivity (Wildman–Crippen MR) is 82.6 cm³/mol. The zero-order valence-electron chi connectivity index (χ0n) is 11.0. The normalized spacial score (nSPS) is 10.4. The molecule has 0 aliphatic rings. The van der Waals surface area contributed by atoms with Crippen LogP contribution in [0, 0.1) is 10.1 Å². The summed E-state index contributed by atoms with van der Waals surface area (Å²) in [7, 11) is 0. The van der Waals surface area contributed by atoms with Gasteiger partial charge >= 0.3 is 5.97 Å². The van der Waals surface area contributed by atoms with Crippen molar-refractivity contribution in [3.8, 4) is 0 Å². The second-order valence-electron chi connectivity index (χ2n) is 4.03. The molecule has 0 spiro atoms. The number of carboxylic acids is 1. The van der Waals surface area contributed by atoms with Crippen molar-refractivity contribution >= 4 is 40.7 Å². The molecule has 0 fully saturated rings. The molecule has 0 heterocycles. The highest BCUT2D eigenvalue weighted by Gasteiger charge is 2.19. The van der Waals surface area contributed by atoms with E-state index < -0.39 is 10.9 Å². The zero-order chi connectivity index (χ0) is 15.8. The molecule has 0 bridgehead atoms. The molecule has 1 rings (SSSR count). The first-order valence-corrected chi connectivity index (χ1v) is 7.64. The van der Waals surface area contributed by atoms with Crippen LogP contribution in [-0.4, -0.2) is 45.8 Å². The van der Waals surface area contributed by atoms with Gasteiger partial charge in [-0.05, 0) is 12.2 Å². The average Bonchev–Trinajstić information content (AvgIpc) is 2.43. The Morgan fingerprint density at radius 2 is 2.14 bits per heavy atom. The van der Waals surface area contributed by atoms with Gasteiger partial charge in [0, 0.05) is 31.0 Å². The number of nitrogens with zero attached hydrogens (tertiary/aromatic N) is 1. The van der Waals surface area contributed by atoms with Crippen LogP contribution in [0.15, 0.2) is 12.1 Å². The van der Waals surface area contributed by atoms with Crippen LogP contribution in [-0.2, 0) is 0 Å². The molecule has 21 heavy (non-hydrogen) atoms. The number of non-ortho nitro benzene ring substituents is 1. The summed E-state index contributed by atoms with van der Waals surface area (Å²) >= 11 is 7.52. The van der Waals surface area contributed by atoms with E-state index in [4.69, 9.17) is 21.8 Å². The van der Waals surface area contributed by atoms with Crippen molar-refractivity contribution in [3.05, 3.63) is 32.8 Å². The summed E-state index contributed by atoms with van der Waals surface area (Å²) < 4.78 is 0. The number of aromatic carboxylic acids is 1. The summed E-state index contributed by atoms with van der Waals surface area (Å²) in [6, 6.07) is 2.10. The van der Waals surface area contributed by atoms with Crippen LogP contribution < -0.4 is 5.32 Å². The molecule has 3 N–H and O–H groups in total. The van der Waals surface area contributed by atoms with Crippen LogP contribution in [0.25, 0.3) is 0 Å². The number of benzene rings is 1. The van der Waals surface area contributed by atoms with Crippen molar-refractivity contribution in [3.63, 3.8) is 0 Å². The highest BCUT2D eigenvalue weighted by Crippen LogP contribution is 2.31. The molecule has 0 atom stereocenters. The number of nitro groups is 1. The predicted octanol–water partition coefficient (Wildman–Crippen LogP) is 2.47.